The number of aromatic nitrogens is 1. The second-order valence-electron chi connectivity index (χ2n) is 12.8. The maximum atomic E-state index is 10.2. The summed E-state index contributed by atoms with van der Waals surface area (Å²) in [5, 5.41) is 12.2. The van der Waals surface area contributed by atoms with Crippen molar-refractivity contribution >= 4 is 21.9 Å². The van der Waals surface area contributed by atoms with E-state index in [0.29, 0.717) is 5.56 Å². The molecule has 0 saturated heterocycles. The van der Waals surface area contributed by atoms with Gasteiger partial charge in [-0.2, -0.15) is 5.26 Å². The number of rotatable bonds is 3. The largest absolute Gasteiger partial charge is 0.455 e. The molecule has 2 aromatic heterocycles. The van der Waals surface area contributed by atoms with Crippen LogP contribution in [0, 0.1) is 11.3 Å². The minimum absolute atomic E-state index is 0.101. The van der Waals surface area contributed by atoms with E-state index in [9.17, 15) is 5.26 Å². The summed E-state index contributed by atoms with van der Waals surface area (Å²) in [6.45, 7) is 13.3. The Labute approximate surface area is 242 Å². The standard InChI is InChI=1S/C38H34N2O/c1-37(2,3)28-17-14-25(15-18-28)24-10-12-26(13-11-24)33-27(23-39)16-19-30-34-31(38(4,5)6)21-20-29(35(34)41-36(30)33)32-9-7-8-22-40-32/h7-22H,1-6H3. The summed E-state index contributed by atoms with van der Waals surface area (Å²) >= 11 is 0. The van der Waals surface area contributed by atoms with Gasteiger partial charge in [0.25, 0.3) is 0 Å². The highest BCUT2D eigenvalue weighted by molar-refractivity contribution is 6.15. The van der Waals surface area contributed by atoms with Crippen LogP contribution in [-0.4, -0.2) is 4.98 Å². The summed E-state index contributed by atoms with van der Waals surface area (Å²) in [5.41, 5.74) is 10.6. The van der Waals surface area contributed by atoms with Gasteiger partial charge in [-0.1, -0.05) is 102 Å². The molecule has 0 bridgehead atoms. The van der Waals surface area contributed by atoms with Crippen LogP contribution in [0.2, 0.25) is 0 Å². The molecule has 3 heteroatoms. The fourth-order valence-electron chi connectivity index (χ4n) is 5.66. The molecule has 0 aliphatic rings. The second kappa shape index (κ2) is 9.75. The zero-order chi connectivity index (χ0) is 28.9. The average molecular weight is 535 g/mol. The zero-order valence-electron chi connectivity index (χ0n) is 24.5. The van der Waals surface area contributed by atoms with Crippen molar-refractivity contribution in [1.82, 2.24) is 4.98 Å². The van der Waals surface area contributed by atoms with E-state index in [4.69, 9.17) is 4.42 Å². The van der Waals surface area contributed by atoms with Crippen LogP contribution in [0.1, 0.15) is 58.2 Å². The van der Waals surface area contributed by atoms with Crippen molar-refractivity contribution < 1.29 is 4.42 Å². The van der Waals surface area contributed by atoms with E-state index in [-0.39, 0.29) is 10.8 Å². The lowest BCUT2D eigenvalue weighted by atomic mass is 9.83. The highest BCUT2D eigenvalue weighted by Gasteiger charge is 2.25. The van der Waals surface area contributed by atoms with Crippen LogP contribution in [0.4, 0.5) is 0 Å². The normalized spacial score (nSPS) is 12.1. The molecule has 0 saturated carbocycles. The summed E-state index contributed by atoms with van der Waals surface area (Å²) < 4.78 is 6.77. The number of nitriles is 1. The molecule has 6 rings (SSSR count). The highest BCUT2D eigenvalue weighted by Crippen LogP contribution is 2.45. The Bertz CT molecular complexity index is 1920. The molecule has 0 amide bonds. The van der Waals surface area contributed by atoms with Crippen LogP contribution < -0.4 is 0 Å². The minimum atomic E-state index is -0.101. The molecule has 0 aliphatic carbocycles. The SMILES string of the molecule is CC(C)(C)c1ccc(-c2ccc(-c3c(C#N)ccc4c3oc3c(-c5ccccn5)ccc(C(C)(C)C)c34)cc2)cc1. The lowest BCUT2D eigenvalue weighted by Crippen LogP contribution is -2.11. The highest BCUT2D eigenvalue weighted by atomic mass is 16.3. The Balaban J connectivity index is 1.55. The number of pyridine rings is 1. The first-order valence-corrected chi connectivity index (χ1v) is 14.1. The Hall–Kier alpha value is -4.68. The number of hydrogen-bond donors (Lipinski definition) is 0. The van der Waals surface area contributed by atoms with E-state index >= 15 is 0 Å². The third-order valence-electron chi connectivity index (χ3n) is 7.92. The van der Waals surface area contributed by atoms with Crippen molar-refractivity contribution in [3.05, 3.63) is 114 Å². The van der Waals surface area contributed by atoms with Gasteiger partial charge in [-0.15, -0.1) is 0 Å². The fraction of sp³-hybridized carbons (Fsp3) is 0.211. The van der Waals surface area contributed by atoms with Gasteiger partial charge in [0.15, 0.2) is 0 Å². The van der Waals surface area contributed by atoms with E-state index < -0.39 is 0 Å². The third kappa shape index (κ3) is 4.70. The van der Waals surface area contributed by atoms with Crippen LogP contribution >= 0.6 is 0 Å². The molecule has 202 valence electrons. The molecule has 6 aromatic rings. The van der Waals surface area contributed by atoms with Crippen molar-refractivity contribution in [1.29, 1.82) is 5.26 Å². The van der Waals surface area contributed by atoms with E-state index in [2.05, 4.69) is 113 Å². The molecule has 0 spiro atoms. The van der Waals surface area contributed by atoms with Gasteiger partial charge >= 0.3 is 0 Å². The maximum absolute atomic E-state index is 10.2. The first-order valence-electron chi connectivity index (χ1n) is 14.1. The second-order valence-corrected chi connectivity index (χ2v) is 12.8. The molecular formula is C38H34N2O. The first kappa shape index (κ1) is 26.5. The number of benzene rings is 4. The van der Waals surface area contributed by atoms with E-state index in [0.717, 1.165) is 49.9 Å². The zero-order valence-corrected chi connectivity index (χ0v) is 24.5. The van der Waals surface area contributed by atoms with Gasteiger partial charge < -0.3 is 4.42 Å². The molecule has 0 aliphatic heterocycles. The average Bonchev–Trinajstić information content (AvgIpc) is 3.35. The molecule has 0 unspecified atom stereocenters. The van der Waals surface area contributed by atoms with Crippen LogP contribution in [-0.2, 0) is 10.8 Å². The molecule has 41 heavy (non-hydrogen) atoms. The summed E-state index contributed by atoms with van der Waals surface area (Å²) in [7, 11) is 0. The van der Waals surface area contributed by atoms with E-state index in [1.165, 1.54) is 16.7 Å². The van der Waals surface area contributed by atoms with Crippen LogP contribution in [0.5, 0.6) is 0 Å². The van der Waals surface area contributed by atoms with Gasteiger partial charge in [0.2, 0.25) is 0 Å². The van der Waals surface area contributed by atoms with Crippen LogP contribution in [0.3, 0.4) is 0 Å². The summed E-state index contributed by atoms with van der Waals surface area (Å²) in [4.78, 5) is 4.62. The maximum Gasteiger partial charge on any atom is 0.145 e. The molecule has 2 heterocycles. The number of hydrogen-bond acceptors (Lipinski definition) is 3. The summed E-state index contributed by atoms with van der Waals surface area (Å²) in [5.74, 6) is 0. The number of furan rings is 1. The van der Waals surface area contributed by atoms with Gasteiger partial charge in [-0.05, 0) is 69.0 Å². The van der Waals surface area contributed by atoms with Gasteiger partial charge in [-0.25, -0.2) is 0 Å². The van der Waals surface area contributed by atoms with Crippen LogP contribution in [0.25, 0.3) is 55.4 Å². The predicted molar refractivity (Wildman–Crippen MR) is 170 cm³/mol. The smallest absolute Gasteiger partial charge is 0.145 e. The van der Waals surface area contributed by atoms with Crippen LogP contribution in [0.15, 0.2) is 102 Å². The van der Waals surface area contributed by atoms with Crippen molar-refractivity contribution in [2.75, 3.05) is 0 Å². The monoisotopic (exact) mass is 534 g/mol. The van der Waals surface area contributed by atoms with Crippen molar-refractivity contribution in [2.24, 2.45) is 0 Å². The predicted octanol–water partition coefficient (Wildman–Crippen LogP) is 10.4. The van der Waals surface area contributed by atoms with Crippen molar-refractivity contribution in [3.63, 3.8) is 0 Å². The van der Waals surface area contributed by atoms with E-state index in [1.54, 1.807) is 6.20 Å². The van der Waals surface area contributed by atoms with Gasteiger partial charge in [0, 0.05) is 28.1 Å². The lowest BCUT2D eigenvalue weighted by molar-refractivity contribution is 0.590. The number of fused-ring (bicyclic) bond motifs is 3. The van der Waals surface area contributed by atoms with Gasteiger partial charge in [0.05, 0.1) is 17.3 Å². The molecule has 0 atom stereocenters. The van der Waals surface area contributed by atoms with Crippen molar-refractivity contribution in [3.8, 4) is 39.6 Å². The van der Waals surface area contributed by atoms with Gasteiger partial charge in [0.1, 0.15) is 11.2 Å². The Morgan fingerprint density at radius 2 is 1.32 bits per heavy atom. The summed E-state index contributed by atoms with van der Waals surface area (Å²) in [6.07, 6.45) is 1.80. The third-order valence-corrected chi connectivity index (χ3v) is 7.92. The number of nitrogens with zero attached hydrogens (tertiary/aromatic N) is 2. The Kier molecular flexibility index (Phi) is 6.31. The van der Waals surface area contributed by atoms with Crippen molar-refractivity contribution in [2.45, 2.75) is 52.4 Å². The molecule has 3 nitrogen and oxygen atoms in total. The summed E-state index contributed by atoms with van der Waals surface area (Å²) in [6, 6.07) is 33.8. The Morgan fingerprint density at radius 1 is 0.659 bits per heavy atom. The molecule has 4 aromatic carbocycles. The molecule has 0 radical (unpaired) electrons. The molecule has 0 fully saturated rings. The van der Waals surface area contributed by atoms with E-state index in [1.807, 2.05) is 30.3 Å². The minimum Gasteiger partial charge on any atom is -0.455 e. The fourth-order valence-corrected chi connectivity index (χ4v) is 5.66. The van der Waals surface area contributed by atoms with Gasteiger partial charge in [-0.3, -0.25) is 4.98 Å². The Morgan fingerprint density at radius 3 is 1.90 bits per heavy atom. The molecular weight excluding hydrogens is 500 g/mol. The lowest BCUT2D eigenvalue weighted by Gasteiger charge is -2.21. The first-order chi connectivity index (χ1) is 19.6. The topological polar surface area (TPSA) is 49.8 Å². The quantitative estimate of drug-likeness (QED) is 0.227. The molecule has 0 N–H and O–H groups in total.